The van der Waals surface area contributed by atoms with Gasteiger partial charge in [0.2, 0.25) is 23.7 Å². The van der Waals surface area contributed by atoms with Crippen molar-refractivity contribution in [3.8, 4) is 45.5 Å². The van der Waals surface area contributed by atoms with Crippen LogP contribution in [0.2, 0.25) is 10.0 Å². The van der Waals surface area contributed by atoms with E-state index in [0.717, 1.165) is 6.07 Å². The van der Waals surface area contributed by atoms with E-state index in [2.05, 4.69) is 63.1 Å². The van der Waals surface area contributed by atoms with Crippen molar-refractivity contribution in [2.24, 2.45) is 5.41 Å². The molecule has 4 atom stereocenters. The molecule has 25 heteroatoms. The highest BCUT2D eigenvalue weighted by Crippen LogP contribution is 2.48. The van der Waals surface area contributed by atoms with Gasteiger partial charge in [-0.2, -0.15) is 0 Å². The van der Waals surface area contributed by atoms with Crippen LogP contribution in [-0.2, 0) is 23.8 Å². The molecule has 2 aromatic carbocycles. The third-order valence-corrected chi connectivity index (χ3v) is 14.5. The van der Waals surface area contributed by atoms with E-state index < -0.39 is 17.2 Å². The van der Waals surface area contributed by atoms with E-state index in [0.29, 0.717) is 95.8 Å². The van der Waals surface area contributed by atoms with E-state index in [4.69, 9.17) is 76.3 Å². The van der Waals surface area contributed by atoms with E-state index in [9.17, 15) is 9.59 Å². The van der Waals surface area contributed by atoms with Gasteiger partial charge in [0, 0.05) is 67.0 Å². The van der Waals surface area contributed by atoms with Gasteiger partial charge in [0.25, 0.3) is 0 Å². The van der Waals surface area contributed by atoms with Crippen LogP contribution in [0.1, 0.15) is 13.8 Å². The molecular formula is C53H56Cl2F2N12O9. The first-order valence-corrected chi connectivity index (χ1v) is 25.7. The highest BCUT2D eigenvalue weighted by Gasteiger charge is 2.38. The molecule has 0 spiro atoms. The number of methoxy groups -OCH3 is 3. The second kappa shape index (κ2) is 22.5. The third kappa shape index (κ3) is 10.9. The Bertz CT molecular complexity index is 3300. The molecule has 4 N–H and O–H groups in total. The summed E-state index contributed by atoms with van der Waals surface area (Å²) in [5.74, 6) is -1.01. The van der Waals surface area contributed by atoms with Crippen molar-refractivity contribution >= 4 is 80.4 Å². The van der Waals surface area contributed by atoms with Gasteiger partial charge in [0.1, 0.15) is 29.1 Å². The molecule has 0 saturated carbocycles. The molecular weight excluding hydrogens is 1060 g/mol. The number of anilines is 4. The normalized spacial score (nSPS) is 19.7. The van der Waals surface area contributed by atoms with Crippen LogP contribution >= 0.6 is 23.2 Å². The van der Waals surface area contributed by atoms with Gasteiger partial charge < -0.3 is 64.2 Å². The highest BCUT2D eigenvalue weighted by molar-refractivity contribution is 6.41. The van der Waals surface area contributed by atoms with Gasteiger partial charge >= 0.3 is 0 Å². The van der Waals surface area contributed by atoms with Gasteiger partial charge in [-0.3, -0.25) is 9.59 Å². The monoisotopic (exact) mass is 1110 g/mol. The second-order valence-electron chi connectivity index (χ2n) is 19.8. The first-order valence-electron chi connectivity index (χ1n) is 24.9. The Kier molecular flexibility index (Phi) is 15.6. The maximum atomic E-state index is 16.0. The predicted molar refractivity (Wildman–Crippen MR) is 289 cm³/mol. The number of hydrogen-bond acceptors (Lipinski definition) is 19. The highest BCUT2D eigenvalue weighted by atomic mass is 35.5. The van der Waals surface area contributed by atoms with Gasteiger partial charge in [-0.15, -0.1) is 0 Å². The Morgan fingerprint density at radius 1 is 0.679 bits per heavy atom. The molecule has 0 aliphatic carbocycles. The summed E-state index contributed by atoms with van der Waals surface area (Å²) in [5.41, 5.74) is 1.34. The number of carbonyl (C=O) groups is 2. The first-order chi connectivity index (χ1) is 37.6. The Hall–Kier alpha value is -7.44. The Morgan fingerprint density at radius 2 is 1.15 bits per heavy atom. The molecule has 4 aromatic heterocycles. The van der Waals surface area contributed by atoms with E-state index in [-0.39, 0.29) is 113 Å². The van der Waals surface area contributed by atoms with Crippen LogP contribution in [0.15, 0.2) is 62.0 Å². The fraction of sp³-hybridized carbons (Fsp3) is 0.396. The predicted octanol–water partition coefficient (Wildman–Crippen LogP) is 6.40. The number of nitrogens with zero attached hydrogens (tertiary/aromatic N) is 8. The fourth-order valence-electron chi connectivity index (χ4n) is 9.77. The molecule has 4 fully saturated rings. The van der Waals surface area contributed by atoms with E-state index >= 15 is 8.78 Å². The lowest BCUT2D eigenvalue weighted by Gasteiger charge is -2.46. The van der Waals surface area contributed by atoms with Crippen molar-refractivity contribution in [2.45, 2.75) is 44.1 Å². The van der Waals surface area contributed by atoms with Gasteiger partial charge in [-0.1, -0.05) is 50.2 Å². The summed E-state index contributed by atoms with van der Waals surface area (Å²) in [6.45, 7) is 14.9. The summed E-state index contributed by atoms with van der Waals surface area (Å²) in [5, 5.41) is 13.8. The summed E-state index contributed by atoms with van der Waals surface area (Å²) in [6.07, 6.45) is 5.30. The van der Waals surface area contributed by atoms with Crippen LogP contribution in [0.5, 0.6) is 23.0 Å². The SMILES string of the molecule is C=CC(=O)N[C@H]1COC[C@H]1Nc1ncc2cc(-c3c(F)c(OC)cc(OC)c3F)nc(N3CC(OCCOc4cc(OC)c(Cl)c(-c5cc6cnc(N[C@@H]7COC[C@@H]7NC(=O)C=C)nc6c(N6CC(C)(C)C6)n5)c4Cl)C3)c2n1. The molecule has 78 heavy (non-hydrogen) atoms. The molecule has 0 radical (unpaired) electrons. The summed E-state index contributed by atoms with van der Waals surface area (Å²) in [4.78, 5) is 57.1. The molecule has 10 rings (SSSR count). The van der Waals surface area contributed by atoms with E-state index in [1.807, 2.05) is 11.0 Å². The lowest BCUT2D eigenvalue weighted by atomic mass is 9.84. The minimum Gasteiger partial charge on any atom is -0.495 e. The Morgan fingerprint density at radius 3 is 1.65 bits per heavy atom. The average Bonchev–Trinajstić information content (AvgIpc) is 4.12. The van der Waals surface area contributed by atoms with Gasteiger partial charge in [0.05, 0.1) is 112 Å². The van der Waals surface area contributed by atoms with Crippen molar-refractivity contribution in [3.05, 3.63) is 83.6 Å². The molecule has 0 bridgehead atoms. The van der Waals surface area contributed by atoms with Crippen LogP contribution in [0.4, 0.5) is 32.3 Å². The first kappa shape index (κ1) is 53.9. The molecule has 2 amide bonds. The van der Waals surface area contributed by atoms with Crippen molar-refractivity contribution in [1.29, 1.82) is 0 Å². The lowest BCUT2D eigenvalue weighted by molar-refractivity contribution is -0.118. The molecule has 4 saturated heterocycles. The van der Waals surface area contributed by atoms with Crippen molar-refractivity contribution in [3.63, 3.8) is 0 Å². The minimum atomic E-state index is -0.966. The number of halogens is 4. The minimum absolute atomic E-state index is 0.0348. The lowest BCUT2D eigenvalue weighted by Crippen LogP contribution is -2.53. The third-order valence-electron chi connectivity index (χ3n) is 13.7. The summed E-state index contributed by atoms with van der Waals surface area (Å²) in [7, 11) is 4.03. The fourth-order valence-corrected chi connectivity index (χ4v) is 10.4. The number of rotatable bonds is 20. The largest absolute Gasteiger partial charge is 0.495 e. The number of fused-ring (bicyclic) bond motifs is 2. The standard InChI is InChI=1S/C53H56Cl2F2N12O9/c1-8-39(70)60-31-20-75-22-33(31)64-51-59-17-27-13-30(42-45(56)37(73-6)15-38(74-7)46(42)57)63-49(47(27)66-51)68-18-28(19-68)77-10-11-78-36-14-35(72-5)43(54)41(44(36)55)29-12-26-16-58-52(65-34-23-76-21-32(34)61-40(71)9-2)67-48(26)50(62-29)69-24-53(3,4)25-69/h8-9,12-17,28,31-34H,1-2,10-11,18-25H2,3-7H3,(H,60,70)(H,61,71)(H,58,65,67)(H,59,64,66)/t31-,32-,33+,34+/m0/s1. The summed E-state index contributed by atoms with van der Waals surface area (Å²) < 4.78 is 71.9. The van der Waals surface area contributed by atoms with Crippen molar-refractivity contribution in [2.75, 3.05) is 108 Å². The molecule has 410 valence electrons. The molecule has 4 aliphatic heterocycles. The van der Waals surface area contributed by atoms with Crippen molar-refractivity contribution < 1.29 is 51.5 Å². The topological polar surface area (TPSA) is 231 Å². The number of pyridine rings is 2. The number of benzene rings is 2. The maximum absolute atomic E-state index is 16.0. The maximum Gasteiger partial charge on any atom is 0.243 e. The van der Waals surface area contributed by atoms with Crippen LogP contribution in [0, 0.1) is 17.0 Å². The average molecular weight is 1110 g/mol. The number of hydrogen-bond donors (Lipinski definition) is 4. The Balaban J connectivity index is 0.871. The molecule has 0 unspecified atom stereocenters. The van der Waals surface area contributed by atoms with Crippen LogP contribution in [-0.4, -0.2) is 159 Å². The van der Waals surface area contributed by atoms with Crippen LogP contribution in [0.25, 0.3) is 44.3 Å². The number of aromatic nitrogens is 6. The van der Waals surface area contributed by atoms with Crippen LogP contribution < -0.4 is 50.0 Å². The second-order valence-corrected chi connectivity index (χ2v) is 20.5. The zero-order valence-electron chi connectivity index (χ0n) is 43.3. The van der Waals surface area contributed by atoms with Gasteiger partial charge in [-0.25, -0.2) is 38.7 Å². The van der Waals surface area contributed by atoms with E-state index in [1.165, 1.54) is 45.7 Å². The van der Waals surface area contributed by atoms with Gasteiger partial charge in [0.15, 0.2) is 34.8 Å². The summed E-state index contributed by atoms with van der Waals surface area (Å²) in [6, 6.07) is 4.67. The zero-order chi connectivity index (χ0) is 55.0. The van der Waals surface area contributed by atoms with E-state index in [1.54, 1.807) is 12.3 Å². The molecule has 8 heterocycles. The summed E-state index contributed by atoms with van der Waals surface area (Å²) >= 11 is 14.2. The Labute approximate surface area is 457 Å². The number of amides is 2. The molecule has 6 aromatic rings. The van der Waals surface area contributed by atoms with Crippen LogP contribution in [0.3, 0.4) is 0 Å². The zero-order valence-corrected chi connectivity index (χ0v) is 44.8. The van der Waals surface area contributed by atoms with Crippen molar-refractivity contribution in [1.82, 2.24) is 40.5 Å². The number of carbonyl (C=O) groups excluding carboxylic acids is 2. The smallest absolute Gasteiger partial charge is 0.243 e. The number of nitrogens with one attached hydrogen (secondary N) is 4. The molecule has 4 aliphatic rings. The molecule has 21 nitrogen and oxygen atoms in total. The van der Waals surface area contributed by atoms with Gasteiger partial charge in [-0.05, 0) is 29.7 Å². The quantitative estimate of drug-likeness (QED) is 0.0479. The number of ether oxygens (including phenoxy) is 7.